The van der Waals surface area contributed by atoms with Gasteiger partial charge in [0.15, 0.2) is 5.78 Å². The Morgan fingerprint density at radius 2 is 2.12 bits per heavy atom. The van der Waals surface area contributed by atoms with Gasteiger partial charge in [-0.2, -0.15) is 10.1 Å². The molecule has 2 aromatic rings. The standard InChI is InChI=1S/C17H18N4O3/c1-23-10-6-7-11(14(8-10)24-2)16-15-12(4-3-5-13(15)22)20-17-18-9-19-21(16)17/h6-9,16H,3-5H2,1-2H3,(H,18,19,20). The quantitative estimate of drug-likeness (QED) is 0.932. The third kappa shape index (κ3) is 2.16. The number of benzene rings is 1. The number of nitrogens with zero attached hydrogens (tertiary/aromatic N) is 3. The van der Waals surface area contributed by atoms with Gasteiger partial charge < -0.3 is 14.8 Å². The van der Waals surface area contributed by atoms with Crippen LogP contribution in [0.25, 0.3) is 0 Å². The number of allylic oxidation sites excluding steroid dienone is 2. The van der Waals surface area contributed by atoms with Crippen molar-refractivity contribution < 1.29 is 14.3 Å². The molecule has 0 radical (unpaired) electrons. The highest BCUT2D eigenvalue weighted by Crippen LogP contribution is 2.43. The van der Waals surface area contributed by atoms with E-state index < -0.39 is 0 Å². The number of fused-ring (bicyclic) bond motifs is 1. The number of methoxy groups -OCH3 is 2. The predicted octanol–water partition coefficient (Wildman–Crippen LogP) is 2.32. The Morgan fingerprint density at radius 1 is 1.25 bits per heavy atom. The second-order valence-electron chi connectivity index (χ2n) is 5.83. The highest BCUT2D eigenvalue weighted by Gasteiger charge is 2.37. The molecule has 7 nitrogen and oxygen atoms in total. The molecular weight excluding hydrogens is 308 g/mol. The lowest BCUT2D eigenvalue weighted by Crippen LogP contribution is -2.31. The molecule has 2 aliphatic rings. The molecule has 2 heterocycles. The Labute approximate surface area is 139 Å². The fraction of sp³-hybridized carbons (Fsp3) is 0.353. The second-order valence-corrected chi connectivity index (χ2v) is 5.83. The fourth-order valence-corrected chi connectivity index (χ4v) is 3.43. The summed E-state index contributed by atoms with van der Waals surface area (Å²) < 4.78 is 12.6. The minimum atomic E-state index is -0.340. The number of ether oxygens (including phenoxy) is 2. The molecule has 7 heteroatoms. The molecule has 1 aromatic carbocycles. The average molecular weight is 326 g/mol. The molecule has 1 N–H and O–H groups in total. The Bertz CT molecular complexity index is 840. The number of rotatable bonds is 3. The number of hydrogen-bond donors (Lipinski definition) is 1. The topological polar surface area (TPSA) is 78.3 Å². The van der Waals surface area contributed by atoms with Crippen molar-refractivity contribution in [1.82, 2.24) is 14.8 Å². The van der Waals surface area contributed by atoms with Crippen LogP contribution >= 0.6 is 0 Å². The molecule has 0 saturated carbocycles. The number of anilines is 1. The summed E-state index contributed by atoms with van der Waals surface area (Å²) in [6, 6.07) is 5.27. The van der Waals surface area contributed by atoms with Gasteiger partial charge in [-0.1, -0.05) is 0 Å². The van der Waals surface area contributed by atoms with E-state index in [9.17, 15) is 4.79 Å². The maximum atomic E-state index is 12.6. The van der Waals surface area contributed by atoms with Crippen molar-refractivity contribution in [2.75, 3.05) is 19.5 Å². The smallest absolute Gasteiger partial charge is 0.226 e. The molecular formula is C17H18N4O3. The summed E-state index contributed by atoms with van der Waals surface area (Å²) in [5, 5.41) is 7.58. The van der Waals surface area contributed by atoms with E-state index in [4.69, 9.17) is 9.47 Å². The van der Waals surface area contributed by atoms with Crippen molar-refractivity contribution in [2.24, 2.45) is 0 Å². The second kappa shape index (κ2) is 5.67. The van der Waals surface area contributed by atoms with E-state index in [0.29, 0.717) is 23.9 Å². The number of Topliss-reactive ketones (excluding diaryl/α,β-unsaturated/α-hetero) is 1. The summed E-state index contributed by atoms with van der Waals surface area (Å²) in [6.07, 6.45) is 3.74. The zero-order valence-electron chi connectivity index (χ0n) is 13.6. The Balaban J connectivity index is 1.92. The molecule has 1 aromatic heterocycles. The lowest BCUT2D eigenvalue weighted by atomic mass is 9.85. The van der Waals surface area contributed by atoms with Gasteiger partial charge >= 0.3 is 0 Å². The average Bonchev–Trinajstić information content (AvgIpc) is 3.07. The number of ketones is 1. The number of hydrogen-bond acceptors (Lipinski definition) is 6. The van der Waals surface area contributed by atoms with Crippen LogP contribution < -0.4 is 14.8 Å². The molecule has 1 unspecified atom stereocenters. The van der Waals surface area contributed by atoms with Crippen LogP contribution in [-0.4, -0.2) is 34.8 Å². The van der Waals surface area contributed by atoms with Gasteiger partial charge in [0.25, 0.3) is 0 Å². The SMILES string of the molecule is COc1ccc(C2C3=C(CCCC3=O)Nc3ncnn32)c(OC)c1. The van der Waals surface area contributed by atoms with Crippen LogP contribution in [-0.2, 0) is 4.79 Å². The lowest BCUT2D eigenvalue weighted by molar-refractivity contribution is -0.116. The van der Waals surface area contributed by atoms with Crippen LogP contribution in [0.2, 0.25) is 0 Å². The van der Waals surface area contributed by atoms with Gasteiger partial charge in [0.2, 0.25) is 5.95 Å². The number of nitrogens with one attached hydrogen (secondary N) is 1. The van der Waals surface area contributed by atoms with E-state index >= 15 is 0 Å². The van der Waals surface area contributed by atoms with Crippen molar-refractivity contribution in [3.8, 4) is 11.5 Å². The molecule has 1 aliphatic carbocycles. The summed E-state index contributed by atoms with van der Waals surface area (Å²) >= 11 is 0. The predicted molar refractivity (Wildman–Crippen MR) is 87.2 cm³/mol. The first kappa shape index (κ1) is 14.7. The fourth-order valence-electron chi connectivity index (χ4n) is 3.43. The minimum Gasteiger partial charge on any atom is -0.497 e. The van der Waals surface area contributed by atoms with Gasteiger partial charge in [-0.3, -0.25) is 4.79 Å². The number of carbonyl (C=O) groups is 1. The van der Waals surface area contributed by atoms with Crippen LogP contribution in [0.1, 0.15) is 30.9 Å². The van der Waals surface area contributed by atoms with Crippen molar-refractivity contribution >= 4 is 11.7 Å². The van der Waals surface area contributed by atoms with Crippen molar-refractivity contribution in [3.63, 3.8) is 0 Å². The monoisotopic (exact) mass is 326 g/mol. The number of carbonyl (C=O) groups excluding carboxylic acids is 1. The first-order valence-electron chi connectivity index (χ1n) is 7.87. The molecule has 0 fully saturated rings. The van der Waals surface area contributed by atoms with E-state index in [1.807, 2.05) is 18.2 Å². The summed E-state index contributed by atoms with van der Waals surface area (Å²) in [4.78, 5) is 16.9. The van der Waals surface area contributed by atoms with Gasteiger partial charge in [-0.25, -0.2) is 4.68 Å². The van der Waals surface area contributed by atoms with Crippen LogP contribution in [0.4, 0.5) is 5.95 Å². The van der Waals surface area contributed by atoms with E-state index in [1.54, 1.807) is 18.9 Å². The Hall–Kier alpha value is -2.83. The van der Waals surface area contributed by atoms with Crippen LogP contribution in [0.3, 0.4) is 0 Å². The minimum absolute atomic E-state index is 0.146. The van der Waals surface area contributed by atoms with E-state index in [0.717, 1.165) is 29.7 Å². The van der Waals surface area contributed by atoms with Crippen LogP contribution in [0, 0.1) is 0 Å². The summed E-state index contributed by atoms with van der Waals surface area (Å²) in [7, 11) is 3.22. The van der Waals surface area contributed by atoms with Crippen molar-refractivity contribution in [2.45, 2.75) is 25.3 Å². The van der Waals surface area contributed by atoms with E-state index in [-0.39, 0.29) is 11.8 Å². The maximum absolute atomic E-state index is 12.6. The summed E-state index contributed by atoms with van der Waals surface area (Å²) in [6.45, 7) is 0. The van der Waals surface area contributed by atoms with Gasteiger partial charge in [-0.15, -0.1) is 0 Å². The molecule has 1 aliphatic heterocycles. The lowest BCUT2D eigenvalue weighted by Gasteiger charge is -2.32. The third-order valence-electron chi connectivity index (χ3n) is 4.55. The molecule has 1 atom stereocenters. The first-order chi connectivity index (χ1) is 11.7. The molecule has 4 rings (SSSR count). The summed E-state index contributed by atoms with van der Waals surface area (Å²) in [5.41, 5.74) is 2.56. The third-order valence-corrected chi connectivity index (χ3v) is 4.55. The van der Waals surface area contributed by atoms with Crippen LogP contribution in [0.15, 0.2) is 35.8 Å². The molecule has 124 valence electrons. The van der Waals surface area contributed by atoms with Gasteiger partial charge in [0.05, 0.1) is 14.2 Å². The zero-order chi connectivity index (χ0) is 16.7. The largest absolute Gasteiger partial charge is 0.497 e. The maximum Gasteiger partial charge on any atom is 0.226 e. The normalized spacial score (nSPS) is 19.4. The van der Waals surface area contributed by atoms with Crippen molar-refractivity contribution in [1.29, 1.82) is 0 Å². The van der Waals surface area contributed by atoms with Gasteiger partial charge in [0.1, 0.15) is 23.9 Å². The number of aromatic nitrogens is 3. The molecule has 0 saturated heterocycles. The van der Waals surface area contributed by atoms with Gasteiger partial charge in [0, 0.05) is 29.3 Å². The van der Waals surface area contributed by atoms with Gasteiger partial charge in [-0.05, 0) is 25.0 Å². The van der Waals surface area contributed by atoms with E-state index in [1.165, 1.54) is 6.33 Å². The highest BCUT2D eigenvalue weighted by molar-refractivity contribution is 5.99. The Kier molecular flexibility index (Phi) is 3.48. The first-order valence-corrected chi connectivity index (χ1v) is 7.87. The highest BCUT2D eigenvalue weighted by atomic mass is 16.5. The Morgan fingerprint density at radius 3 is 2.92 bits per heavy atom. The van der Waals surface area contributed by atoms with Crippen LogP contribution in [0.5, 0.6) is 11.5 Å². The van der Waals surface area contributed by atoms with Crippen molar-refractivity contribution in [3.05, 3.63) is 41.4 Å². The summed E-state index contributed by atoms with van der Waals surface area (Å²) in [5.74, 6) is 2.15. The molecule has 0 amide bonds. The molecule has 24 heavy (non-hydrogen) atoms. The molecule has 0 bridgehead atoms. The zero-order valence-corrected chi connectivity index (χ0v) is 13.6. The van der Waals surface area contributed by atoms with E-state index in [2.05, 4.69) is 15.4 Å². The molecule has 0 spiro atoms.